The summed E-state index contributed by atoms with van der Waals surface area (Å²) in [6, 6.07) is 38.3. The van der Waals surface area contributed by atoms with Crippen molar-refractivity contribution in [3.05, 3.63) is 115 Å². The summed E-state index contributed by atoms with van der Waals surface area (Å²) in [5, 5.41) is 3.53. The van der Waals surface area contributed by atoms with Crippen LogP contribution >= 0.6 is 0 Å². The highest BCUT2D eigenvalue weighted by atomic mass is 14.9. The molecule has 1 nitrogen and oxygen atoms in total. The van der Waals surface area contributed by atoms with Gasteiger partial charge in [0.15, 0.2) is 0 Å². The van der Waals surface area contributed by atoms with E-state index in [9.17, 15) is 0 Å². The van der Waals surface area contributed by atoms with Gasteiger partial charge in [0.1, 0.15) is 0 Å². The van der Waals surface area contributed by atoms with Crippen LogP contribution < -0.4 is 5.32 Å². The van der Waals surface area contributed by atoms with Crippen LogP contribution in [0.4, 0.5) is 5.69 Å². The highest BCUT2D eigenvalue weighted by Gasteiger charge is 2.00. The van der Waals surface area contributed by atoms with Gasteiger partial charge in [0.25, 0.3) is 0 Å². The third-order valence-corrected chi connectivity index (χ3v) is 4.53. The zero-order valence-electron chi connectivity index (χ0n) is 14.6. The van der Waals surface area contributed by atoms with Gasteiger partial charge < -0.3 is 5.32 Å². The Hall–Kier alpha value is -3.32. The molecule has 4 aromatic carbocycles. The summed E-state index contributed by atoms with van der Waals surface area (Å²) >= 11 is 0. The van der Waals surface area contributed by atoms with Gasteiger partial charge in [-0.3, -0.25) is 0 Å². The second-order valence-corrected chi connectivity index (χ2v) is 6.36. The summed E-state index contributed by atoms with van der Waals surface area (Å²) in [4.78, 5) is 0. The second kappa shape index (κ2) is 7.71. The van der Waals surface area contributed by atoms with Crippen LogP contribution in [0.25, 0.3) is 22.3 Å². The third kappa shape index (κ3) is 3.84. The molecule has 0 amide bonds. The van der Waals surface area contributed by atoms with Crippen molar-refractivity contribution in [2.75, 3.05) is 5.32 Å². The Balaban J connectivity index is 1.44. The van der Waals surface area contributed by atoms with Crippen LogP contribution in [0.15, 0.2) is 109 Å². The Morgan fingerprint density at radius 1 is 0.462 bits per heavy atom. The summed E-state index contributed by atoms with van der Waals surface area (Å²) in [6.45, 7) is 0.813. The van der Waals surface area contributed by atoms with E-state index < -0.39 is 0 Å². The fourth-order valence-electron chi connectivity index (χ4n) is 3.09. The molecule has 0 unspecified atom stereocenters. The number of hydrogen-bond donors (Lipinski definition) is 1. The Bertz CT molecular complexity index is 958. The zero-order valence-corrected chi connectivity index (χ0v) is 14.6. The average molecular weight is 335 g/mol. The minimum atomic E-state index is 0.813. The molecule has 1 heteroatoms. The van der Waals surface area contributed by atoms with Gasteiger partial charge in [-0.15, -0.1) is 0 Å². The molecule has 0 heterocycles. The maximum absolute atomic E-state index is 3.53. The first kappa shape index (κ1) is 16.2. The van der Waals surface area contributed by atoms with E-state index in [0.29, 0.717) is 0 Å². The zero-order chi connectivity index (χ0) is 17.6. The Kier molecular flexibility index (Phi) is 4.79. The summed E-state index contributed by atoms with van der Waals surface area (Å²) in [5.41, 5.74) is 7.38. The average Bonchev–Trinajstić information content (AvgIpc) is 2.74. The van der Waals surface area contributed by atoms with E-state index in [-0.39, 0.29) is 0 Å². The van der Waals surface area contributed by atoms with E-state index in [4.69, 9.17) is 0 Å². The first-order chi connectivity index (χ1) is 12.9. The lowest BCUT2D eigenvalue weighted by molar-refractivity contribution is 1.15. The Morgan fingerprint density at radius 3 is 1.65 bits per heavy atom. The van der Waals surface area contributed by atoms with E-state index in [1.165, 1.54) is 27.8 Å². The fraction of sp³-hybridized carbons (Fsp3) is 0.0400. The van der Waals surface area contributed by atoms with Crippen molar-refractivity contribution < 1.29 is 0 Å². The van der Waals surface area contributed by atoms with Gasteiger partial charge in [-0.1, -0.05) is 97.1 Å². The molecule has 0 saturated carbocycles. The summed E-state index contributed by atoms with van der Waals surface area (Å²) in [5.74, 6) is 0. The largest absolute Gasteiger partial charge is 0.381 e. The molecule has 0 atom stereocenters. The highest BCUT2D eigenvalue weighted by molar-refractivity contribution is 5.68. The molecule has 26 heavy (non-hydrogen) atoms. The number of rotatable bonds is 5. The van der Waals surface area contributed by atoms with Crippen molar-refractivity contribution in [3.63, 3.8) is 0 Å². The van der Waals surface area contributed by atoms with Crippen molar-refractivity contribution in [1.29, 1.82) is 0 Å². The lowest BCUT2D eigenvalue weighted by Gasteiger charge is -2.10. The number of anilines is 1. The molecule has 126 valence electrons. The molecule has 0 fully saturated rings. The lowest BCUT2D eigenvalue weighted by atomic mass is 10.0. The number of hydrogen-bond acceptors (Lipinski definition) is 1. The van der Waals surface area contributed by atoms with Crippen LogP contribution in [0, 0.1) is 0 Å². The van der Waals surface area contributed by atoms with Crippen LogP contribution in [-0.4, -0.2) is 0 Å². The monoisotopic (exact) mass is 335 g/mol. The summed E-state index contributed by atoms with van der Waals surface area (Å²) < 4.78 is 0. The normalized spacial score (nSPS) is 10.5. The van der Waals surface area contributed by atoms with Gasteiger partial charge in [-0.05, 0) is 39.9 Å². The molecule has 0 aromatic heterocycles. The molecule has 4 aromatic rings. The third-order valence-electron chi connectivity index (χ3n) is 4.53. The number of benzene rings is 4. The van der Waals surface area contributed by atoms with Crippen molar-refractivity contribution in [2.45, 2.75) is 6.54 Å². The second-order valence-electron chi connectivity index (χ2n) is 6.36. The molecule has 0 bridgehead atoms. The van der Waals surface area contributed by atoms with Crippen LogP contribution in [0.5, 0.6) is 0 Å². The number of nitrogens with one attached hydrogen (secondary N) is 1. The molecule has 0 aliphatic rings. The topological polar surface area (TPSA) is 12.0 Å². The molecular weight excluding hydrogens is 314 g/mol. The summed E-state index contributed by atoms with van der Waals surface area (Å²) in [6.07, 6.45) is 0. The van der Waals surface area contributed by atoms with E-state index in [1.54, 1.807) is 0 Å². The Morgan fingerprint density at radius 2 is 1.00 bits per heavy atom. The van der Waals surface area contributed by atoms with Gasteiger partial charge >= 0.3 is 0 Å². The quantitative estimate of drug-likeness (QED) is 0.431. The molecule has 0 aliphatic carbocycles. The van der Waals surface area contributed by atoms with Gasteiger partial charge in [0, 0.05) is 12.2 Å². The standard InChI is InChI=1S/C25H21N/c1-3-8-21(9-4-1)23-16-14-20(15-17-23)19-26-25-13-7-12-24(18-25)22-10-5-2-6-11-22/h1-18,26H,19H2. The predicted octanol–water partition coefficient (Wildman–Crippen LogP) is 6.63. The first-order valence-electron chi connectivity index (χ1n) is 8.92. The van der Waals surface area contributed by atoms with Crippen molar-refractivity contribution in [1.82, 2.24) is 0 Å². The predicted molar refractivity (Wildman–Crippen MR) is 111 cm³/mol. The van der Waals surface area contributed by atoms with E-state index in [2.05, 4.69) is 102 Å². The lowest BCUT2D eigenvalue weighted by Crippen LogP contribution is -1.99. The maximum atomic E-state index is 3.53. The fourth-order valence-corrected chi connectivity index (χ4v) is 3.09. The molecule has 0 radical (unpaired) electrons. The minimum Gasteiger partial charge on any atom is -0.381 e. The van der Waals surface area contributed by atoms with E-state index in [1.807, 2.05) is 12.1 Å². The summed E-state index contributed by atoms with van der Waals surface area (Å²) in [7, 11) is 0. The highest BCUT2D eigenvalue weighted by Crippen LogP contribution is 2.23. The van der Waals surface area contributed by atoms with Gasteiger partial charge in [0.05, 0.1) is 0 Å². The van der Waals surface area contributed by atoms with E-state index >= 15 is 0 Å². The van der Waals surface area contributed by atoms with Crippen molar-refractivity contribution in [3.8, 4) is 22.3 Å². The molecule has 0 saturated heterocycles. The molecule has 0 spiro atoms. The maximum Gasteiger partial charge on any atom is 0.0400 e. The molecule has 1 N–H and O–H groups in total. The van der Waals surface area contributed by atoms with Gasteiger partial charge in [-0.2, -0.15) is 0 Å². The molecule has 0 aliphatic heterocycles. The smallest absolute Gasteiger partial charge is 0.0400 e. The first-order valence-corrected chi connectivity index (χ1v) is 8.92. The minimum absolute atomic E-state index is 0.813. The van der Waals surface area contributed by atoms with Crippen LogP contribution in [0.2, 0.25) is 0 Å². The van der Waals surface area contributed by atoms with Gasteiger partial charge in [0.2, 0.25) is 0 Å². The molecular formula is C25H21N. The Labute approximate surface area is 155 Å². The van der Waals surface area contributed by atoms with Gasteiger partial charge in [-0.25, -0.2) is 0 Å². The van der Waals surface area contributed by atoms with Crippen molar-refractivity contribution in [2.24, 2.45) is 0 Å². The van der Waals surface area contributed by atoms with E-state index in [0.717, 1.165) is 12.2 Å². The SMILES string of the molecule is c1ccc(-c2ccc(CNc3cccc(-c4ccccc4)c3)cc2)cc1. The van der Waals surface area contributed by atoms with Crippen LogP contribution in [0.1, 0.15) is 5.56 Å². The van der Waals surface area contributed by atoms with Crippen molar-refractivity contribution >= 4 is 5.69 Å². The molecule has 4 rings (SSSR count). The van der Waals surface area contributed by atoms with Crippen LogP contribution in [0.3, 0.4) is 0 Å². The van der Waals surface area contributed by atoms with Crippen LogP contribution in [-0.2, 0) is 6.54 Å².